The number of carbonyl (C=O) groups excluding carboxylic acids is 4. The van der Waals surface area contributed by atoms with Gasteiger partial charge in [-0.3, -0.25) is 20.2 Å². The average molecular weight is 561 g/mol. The molecule has 0 aliphatic heterocycles. The van der Waals surface area contributed by atoms with E-state index in [0.29, 0.717) is 13.2 Å². The zero-order valence-corrected chi connectivity index (χ0v) is 22.8. The lowest BCUT2D eigenvalue weighted by Crippen LogP contribution is -2.29. The van der Waals surface area contributed by atoms with Gasteiger partial charge in [0.1, 0.15) is 36.1 Å². The second-order valence-corrected chi connectivity index (χ2v) is 8.31. The molecule has 218 valence electrons. The maximum absolute atomic E-state index is 12.6. The third-order valence-electron chi connectivity index (χ3n) is 5.13. The number of carbonyl (C=O) groups is 4. The summed E-state index contributed by atoms with van der Waals surface area (Å²) in [5.74, 6) is -2.46. The Hall–Kier alpha value is -4.16. The molecule has 40 heavy (non-hydrogen) atoms. The highest BCUT2D eigenvalue weighted by Crippen LogP contribution is 2.21. The molecule has 0 spiro atoms. The number of hydrogen-bond donors (Lipinski definition) is 2. The van der Waals surface area contributed by atoms with Gasteiger partial charge < -0.3 is 18.9 Å². The Morgan fingerprint density at radius 1 is 0.625 bits per heavy atom. The molecule has 12 heteroatoms. The molecule has 0 aromatic heterocycles. The zero-order valence-electron chi connectivity index (χ0n) is 22.8. The first-order valence-electron chi connectivity index (χ1n) is 13.1. The van der Waals surface area contributed by atoms with Gasteiger partial charge in [0, 0.05) is 0 Å². The maximum atomic E-state index is 12.6. The number of rotatable bonds is 18. The summed E-state index contributed by atoms with van der Waals surface area (Å²) in [6, 6.07) is 12.4. The molecule has 2 aromatic carbocycles. The molecule has 0 aliphatic carbocycles. The lowest BCUT2D eigenvalue weighted by molar-refractivity contribution is -0.187. The molecular weight excluding hydrogens is 524 g/mol. The fourth-order valence-electron chi connectivity index (χ4n) is 3.01. The van der Waals surface area contributed by atoms with Gasteiger partial charge >= 0.3 is 23.9 Å². The number of hydrogen-bond acceptors (Lipinski definition) is 12. The Kier molecular flexibility index (Phi) is 15.2. The summed E-state index contributed by atoms with van der Waals surface area (Å²) >= 11 is 0. The highest BCUT2D eigenvalue weighted by molar-refractivity contribution is 5.95. The van der Waals surface area contributed by atoms with Gasteiger partial charge in [0.25, 0.3) is 0 Å². The van der Waals surface area contributed by atoms with Crippen LogP contribution in [0.15, 0.2) is 48.5 Å². The molecule has 0 unspecified atom stereocenters. The zero-order chi connectivity index (χ0) is 29.0. The lowest BCUT2D eigenvalue weighted by Gasteiger charge is -2.12. The Morgan fingerprint density at radius 2 is 1.02 bits per heavy atom. The van der Waals surface area contributed by atoms with E-state index in [-0.39, 0.29) is 49.2 Å². The predicted molar refractivity (Wildman–Crippen MR) is 142 cm³/mol. The first kappa shape index (κ1) is 32.1. The number of benzene rings is 2. The molecule has 0 atom stereocenters. The van der Waals surface area contributed by atoms with Gasteiger partial charge in [-0.25, -0.2) is 19.4 Å². The Bertz CT molecular complexity index is 1010. The van der Waals surface area contributed by atoms with Crippen molar-refractivity contribution in [3.63, 3.8) is 0 Å². The van der Waals surface area contributed by atoms with E-state index in [4.69, 9.17) is 28.7 Å². The third-order valence-corrected chi connectivity index (χ3v) is 5.13. The molecule has 12 nitrogen and oxygen atoms in total. The van der Waals surface area contributed by atoms with Crippen LogP contribution in [0.3, 0.4) is 0 Å². The van der Waals surface area contributed by atoms with Crippen LogP contribution in [-0.4, -0.2) is 63.6 Å². The van der Waals surface area contributed by atoms with Gasteiger partial charge in [-0.2, -0.15) is 0 Å². The second kappa shape index (κ2) is 19.0. The maximum Gasteiger partial charge on any atom is 0.390 e. The van der Waals surface area contributed by atoms with Crippen molar-refractivity contribution in [2.24, 2.45) is 0 Å². The van der Waals surface area contributed by atoms with Crippen molar-refractivity contribution in [2.45, 2.75) is 39.5 Å². The molecule has 0 bridgehead atoms. The van der Waals surface area contributed by atoms with Crippen LogP contribution in [0.5, 0.6) is 11.5 Å². The van der Waals surface area contributed by atoms with Crippen molar-refractivity contribution in [3.05, 3.63) is 59.7 Å². The van der Waals surface area contributed by atoms with Crippen molar-refractivity contribution in [2.75, 3.05) is 39.8 Å². The number of para-hydroxylation sites is 2. The van der Waals surface area contributed by atoms with Crippen LogP contribution in [-0.2, 0) is 28.8 Å². The third kappa shape index (κ3) is 12.1. The molecule has 0 fully saturated rings. The van der Waals surface area contributed by atoms with Crippen LogP contribution in [0.4, 0.5) is 0 Å². The topological polar surface area (TPSA) is 148 Å². The van der Waals surface area contributed by atoms with E-state index < -0.39 is 23.9 Å². The van der Waals surface area contributed by atoms with E-state index in [1.165, 1.54) is 24.3 Å². The Morgan fingerprint density at radius 3 is 1.43 bits per heavy atom. The van der Waals surface area contributed by atoms with E-state index in [2.05, 4.69) is 10.6 Å². The average Bonchev–Trinajstić information content (AvgIpc) is 2.97. The van der Waals surface area contributed by atoms with E-state index in [9.17, 15) is 19.2 Å². The second-order valence-electron chi connectivity index (χ2n) is 8.31. The van der Waals surface area contributed by atoms with Gasteiger partial charge in [0.15, 0.2) is 0 Å². The molecule has 2 N–H and O–H groups in total. The highest BCUT2D eigenvalue weighted by atomic mass is 17.2. The van der Waals surface area contributed by atoms with Crippen molar-refractivity contribution >= 4 is 23.9 Å². The molecule has 2 aromatic rings. The SMILES string of the molecule is CCCCOC(=O)CNCOc1ccccc1C(=O)OOC(=O)c1ccccc1OCNCC(=O)OCCCC. The minimum absolute atomic E-state index is 0.00202. The number of nitrogens with one attached hydrogen (secondary N) is 2. The van der Waals surface area contributed by atoms with Crippen LogP contribution < -0.4 is 20.1 Å². The first-order chi connectivity index (χ1) is 19.5. The van der Waals surface area contributed by atoms with Gasteiger partial charge in [-0.1, -0.05) is 51.0 Å². The standard InChI is InChI=1S/C28H36N2O10/c1-3-5-15-35-25(31)17-29-19-37-23-13-9-7-11-21(23)27(33)39-40-28(34)22-12-8-10-14-24(22)38-20-30-18-26(32)36-16-6-4-2/h7-14,29-30H,3-6,15-20H2,1-2H3. The number of ether oxygens (including phenoxy) is 4. The fourth-order valence-corrected chi connectivity index (χ4v) is 3.01. The molecule has 0 saturated heterocycles. The fraction of sp³-hybridized carbons (Fsp3) is 0.429. The summed E-state index contributed by atoms with van der Waals surface area (Å²) in [5, 5.41) is 5.53. The normalized spacial score (nSPS) is 10.3. The van der Waals surface area contributed by atoms with E-state index >= 15 is 0 Å². The van der Waals surface area contributed by atoms with E-state index in [1.54, 1.807) is 24.3 Å². The quantitative estimate of drug-likeness (QED) is 0.0907. The van der Waals surface area contributed by atoms with Gasteiger partial charge in [-0.05, 0) is 37.1 Å². The summed E-state index contributed by atoms with van der Waals surface area (Å²) in [7, 11) is 0. The lowest BCUT2D eigenvalue weighted by atomic mass is 10.2. The minimum Gasteiger partial charge on any atom is -0.477 e. The van der Waals surface area contributed by atoms with Crippen LogP contribution in [0, 0.1) is 0 Å². The Balaban J connectivity index is 1.82. The summed E-state index contributed by atoms with van der Waals surface area (Å²) < 4.78 is 21.1. The molecule has 0 amide bonds. The summed E-state index contributed by atoms with van der Waals surface area (Å²) in [5.41, 5.74) is 0.00404. The molecular formula is C28H36N2O10. The van der Waals surface area contributed by atoms with E-state index in [1.807, 2.05) is 13.8 Å². The van der Waals surface area contributed by atoms with Gasteiger partial charge in [0.05, 0.1) is 26.3 Å². The van der Waals surface area contributed by atoms with Crippen LogP contribution in [0.1, 0.15) is 60.2 Å². The van der Waals surface area contributed by atoms with Crippen LogP contribution in [0.25, 0.3) is 0 Å². The van der Waals surface area contributed by atoms with Crippen molar-refractivity contribution in [1.82, 2.24) is 10.6 Å². The van der Waals surface area contributed by atoms with E-state index in [0.717, 1.165) is 25.7 Å². The van der Waals surface area contributed by atoms with Crippen LogP contribution >= 0.6 is 0 Å². The summed E-state index contributed by atoms with van der Waals surface area (Å²) in [6.07, 6.45) is 3.41. The predicted octanol–water partition coefficient (Wildman–Crippen LogP) is 3.15. The van der Waals surface area contributed by atoms with Crippen molar-refractivity contribution in [3.8, 4) is 11.5 Å². The summed E-state index contributed by atoms with van der Waals surface area (Å²) in [4.78, 5) is 58.0. The monoisotopic (exact) mass is 560 g/mol. The smallest absolute Gasteiger partial charge is 0.390 e. The largest absolute Gasteiger partial charge is 0.477 e. The van der Waals surface area contributed by atoms with Crippen molar-refractivity contribution < 1.29 is 47.9 Å². The molecule has 0 saturated carbocycles. The van der Waals surface area contributed by atoms with Gasteiger partial charge in [0.2, 0.25) is 0 Å². The Labute approximate surface area is 233 Å². The molecule has 0 aliphatic rings. The molecule has 2 rings (SSSR count). The highest BCUT2D eigenvalue weighted by Gasteiger charge is 2.20. The van der Waals surface area contributed by atoms with Crippen molar-refractivity contribution in [1.29, 1.82) is 0 Å². The number of unbranched alkanes of at least 4 members (excludes halogenated alkanes) is 2. The molecule has 0 radical (unpaired) electrons. The number of esters is 2. The van der Waals surface area contributed by atoms with Crippen LogP contribution in [0.2, 0.25) is 0 Å². The summed E-state index contributed by atoms with van der Waals surface area (Å²) in [6.45, 7) is 4.41. The minimum atomic E-state index is -0.968. The first-order valence-corrected chi connectivity index (χ1v) is 13.1. The molecule has 0 heterocycles. The van der Waals surface area contributed by atoms with Gasteiger partial charge in [-0.15, -0.1) is 0 Å².